The largest absolute Gasteiger partial charge is 0.417 e. The third-order valence-corrected chi connectivity index (χ3v) is 4.10. The highest BCUT2D eigenvalue weighted by Crippen LogP contribution is 2.36. The zero-order chi connectivity index (χ0) is 17.0. The summed E-state index contributed by atoms with van der Waals surface area (Å²) in [7, 11) is 0. The third kappa shape index (κ3) is 4.76. The molecule has 0 aromatic heterocycles. The number of nitrogens with zero attached hydrogens (tertiary/aromatic N) is 1. The first-order valence-electron chi connectivity index (χ1n) is 7.13. The number of nitrogens with one attached hydrogen (secondary N) is 2. The van der Waals surface area contributed by atoms with Gasteiger partial charge in [-0.25, -0.2) is 4.79 Å². The van der Waals surface area contributed by atoms with Crippen molar-refractivity contribution in [1.82, 2.24) is 5.32 Å². The van der Waals surface area contributed by atoms with E-state index in [1.807, 2.05) is 0 Å². The smallest absolute Gasteiger partial charge is 0.335 e. The highest BCUT2D eigenvalue weighted by atomic mass is 35.5. The van der Waals surface area contributed by atoms with Crippen LogP contribution in [-0.4, -0.2) is 12.1 Å². The van der Waals surface area contributed by atoms with Gasteiger partial charge in [0.15, 0.2) is 0 Å². The number of nitriles is 1. The van der Waals surface area contributed by atoms with Gasteiger partial charge in [0.25, 0.3) is 0 Å². The molecule has 1 aliphatic carbocycles. The number of alkyl halides is 3. The van der Waals surface area contributed by atoms with Gasteiger partial charge in [0, 0.05) is 17.6 Å². The van der Waals surface area contributed by atoms with Crippen LogP contribution in [0.25, 0.3) is 0 Å². The van der Waals surface area contributed by atoms with Gasteiger partial charge < -0.3 is 10.6 Å². The molecule has 2 amide bonds. The van der Waals surface area contributed by atoms with Gasteiger partial charge in [-0.1, -0.05) is 11.6 Å². The lowest BCUT2D eigenvalue weighted by molar-refractivity contribution is -0.137. The van der Waals surface area contributed by atoms with Crippen molar-refractivity contribution < 1.29 is 18.0 Å². The van der Waals surface area contributed by atoms with E-state index in [4.69, 9.17) is 16.9 Å². The molecule has 2 N–H and O–H groups in total. The average molecular weight is 346 g/mol. The molecule has 1 aromatic carbocycles. The highest BCUT2D eigenvalue weighted by molar-refractivity contribution is 6.31. The number of rotatable bonds is 2. The minimum absolute atomic E-state index is 0.0155. The van der Waals surface area contributed by atoms with Gasteiger partial charge >= 0.3 is 12.2 Å². The van der Waals surface area contributed by atoms with Crippen LogP contribution in [0.1, 0.15) is 31.2 Å². The molecule has 0 heterocycles. The summed E-state index contributed by atoms with van der Waals surface area (Å²) in [6.07, 6.45) is -1.80. The minimum Gasteiger partial charge on any atom is -0.335 e. The van der Waals surface area contributed by atoms with E-state index in [1.165, 1.54) is 6.07 Å². The second-order valence-electron chi connectivity index (χ2n) is 5.47. The molecular weight excluding hydrogens is 331 g/mol. The van der Waals surface area contributed by atoms with Crippen LogP contribution in [0.5, 0.6) is 0 Å². The van der Waals surface area contributed by atoms with Crippen molar-refractivity contribution in [2.24, 2.45) is 5.92 Å². The minimum atomic E-state index is -4.58. The molecule has 0 radical (unpaired) electrons. The summed E-state index contributed by atoms with van der Waals surface area (Å²) in [5.41, 5.74) is -0.976. The number of anilines is 1. The number of hydrogen-bond acceptors (Lipinski definition) is 2. The van der Waals surface area contributed by atoms with Gasteiger partial charge in [0.1, 0.15) is 0 Å². The standard InChI is InChI=1S/C15H15ClF3N3O/c16-13-6-5-11(7-12(13)15(17,18)19)22-14(23)21-10-3-1-9(8-20)2-4-10/h5-7,9-10H,1-4H2,(H2,21,22,23). The quantitative estimate of drug-likeness (QED) is 0.825. The van der Waals surface area contributed by atoms with E-state index in [0.29, 0.717) is 25.7 Å². The van der Waals surface area contributed by atoms with E-state index >= 15 is 0 Å². The Hall–Kier alpha value is -1.94. The summed E-state index contributed by atoms with van der Waals surface area (Å²) in [5, 5.41) is 13.5. The molecule has 23 heavy (non-hydrogen) atoms. The lowest BCUT2D eigenvalue weighted by Gasteiger charge is -2.25. The average Bonchev–Trinajstić information content (AvgIpc) is 2.49. The van der Waals surface area contributed by atoms with Crippen molar-refractivity contribution in [2.45, 2.75) is 37.9 Å². The number of halogens is 4. The van der Waals surface area contributed by atoms with Crippen LogP contribution in [-0.2, 0) is 6.18 Å². The van der Waals surface area contributed by atoms with Gasteiger partial charge in [0.2, 0.25) is 0 Å². The second-order valence-corrected chi connectivity index (χ2v) is 5.88. The van der Waals surface area contributed by atoms with E-state index in [-0.39, 0.29) is 17.6 Å². The zero-order valence-corrected chi connectivity index (χ0v) is 12.8. The molecule has 1 aromatic rings. The maximum atomic E-state index is 12.8. The number of carbonyl (C=O) groups excluding carboxylic acids is 1. The topological polar surface area (TPSA) is 64.9 Å². The van der Waals surface area contributed by atoms with Crippen molar-refractivity contribution in [2.75, 3.05) is 5.32 Å². The Morgan fingerprint density at radius 1 is 1.26 bits per heavy atom. The van der Waals surface area contributed by atoms with Crippen molar-refractivity contribution in [1.29, 1.82) is 5.26 Å². The van der Waals surface area contributed by atoms with E-state index in [1.54, 1.807) is 0 Å². The summed E-state index contributed by atoms with van der Waals surface area (Å²) in [6.45, 7) is 0. The summed E-state index contributed by atoms with van der Waals surface area (Å²) in [4.78, 5) is 11.9. The van der Waals surface area contributed by atoms with Gasteiger partial charge in [-0.2, -0.15) is 18.4 Å². The lowest BCUT2D eigenvalue weighted by atomic mass is 9.87. The lowest BCUT2D eigenvalue weighted by Crippen LogP contribution is -2.40. The van der Waals surface area contributed by atoms with Crippen LogP contribution in [0, 0.1) is 17.2 Å². The first kappa shape index (κ1) is 17.4. The number of amides is 2. The van der Waals surface area contributed by atoms with Crippen LogP contribution >= 0.6 is 11.6 Å². The van der Waals surface area contributed by atoms with Crippen molar-refractivity contribution in [3.63, 3.8) is 0 Å². The SMILES string of the molecule is N#CC1CCC(NC(=O)Nc2ccc(Cl)c(C(F)(F)F)c2)CC1. The summed E-state index contributed by atoms with van der Waals surface area (Å²) in [6, 6.07) is 4.76. The molecule has 8 heteroatoms. The van der Waals surface area contributed by atoms with Crippen molar-refractivity contribution in [3.05, 3.63) is 28.8 Å². The molecular formula is C15H15ClF3N3O. The maximum absolute atomic E-state index is 12.8. The summed E-state index contributed by atoms with van der Waals surface area (Å²) < 4.78 is 38.3. The number of urea groups is 1. The Labute approximate surface area is 136 Å². The van der Waals surface area contributed by atoms with E-state index < -0.39 is 22.8 Å². The van der Waals surface area contributed by atoms with Gasteiger partial charge in [-0.15, -0.1) is 0 Å². The Balaban J connectivity index is 1.95. The molecule has 0 aliphatic heterocycles. The normalized spacial score (nSPS) is 21.3. The van der Waals surface area contributed by atoms with Crippen molar-refractivity contribution in [3.8, 4) is 6.07 Å². The Morgan fingerprint density at radius 2 is 1.91 bits per heavy atom. The predicted octanol–water partition coefficient (Wildman–Crippen LogP) is 4.56. The van der Waals surface area contributed by atoms with Crippen molar-refractivity contribution >= 4 is 23.3 Å². The zero-order valence-electron chi connectivity index (χ0n) is 12.1. The van der Waals surface area contributed by atoms with Crippen LogP contribution in [0.3, 0.4) is 0 Å². The molecule has 0 atom stereocenters. The molecule has 0 bridgehead atoms. The van der Waals surface area contributed by atoms with E-state index in [9.17, 15) is 18.0 Å². The number of benzene rings is 1. The fourth-order valence-corrected chi connectivity index (χ4v) is 2.76. The fourth-order valence-electron chi connectivity index (χ4n) is 2.54. The predicted molar refractivity (Wildman–Crippen MR) is 80.0 cm³/mol. The molecule has 1 saturated carbocycles. The molecule has 124 valence electrons. The molecule has 1 fully saturated rings. The Morgan fingerprint density at radius 3 is 2.48 bits per heavy atom. The third-order valence-electron chi connectivity index (χ3n) is 3.77. The summed E-state index contributed by atoms with van der Waals surface area (Å²) in [5.74, 6) is 0.0155. The van der Waals surface area contributed by atoms with Crippen LogP contribution in [0.2, 0.25) is 5.02 Å². The fraction of sp³-hybridized carbons (Fsp3) is 0.467. The number of carbonyl (C=O) groups is 1. The maximum Gasteiger partial charge on any atom is 0.417 e. The molecule has 1 aliphatic rings. The number of hydrogen-bond donors (Lipinski definition) is 2. The van der Waals surface area contributed by atoms with Gasteiger partial charge in [-0.3, -0.25) is 0 Å². The Bertz CT molecular complexity index is 619. The summed E-state index contributed by atoms with van der Waals surface area (Å²) >= 11 is 5.53. The first-order valence-corrected chi connectivity index (χ1v) is 7.51. The highest BCUT2D eigenvalue weighted by Gasteiger charge is 2.33. The molecule has 4 nitrogen and oxygen atoms in total. The molecule has 0 unspecified atom stereocenters. The van der Waals surface area contributed by atoms with E-state index in [0.717, 1.165) is 12.1 Å². The second kappa shape index (κ2) is 7.09. The first-order chi connectivity index (χ1) is 10.8. The molecule has 0 spiro atoms. The van der Waals surface area contributed by atoms with E-state index in [2.05, 4.69) is 16.7 Å². The van der Waals surface area contributed by atoms with Crippen LogP contribution in [0.4, 0.5) is 23.7 Å². The molecule has 2 rings (SSSR count). The molecule has 0 saturated heterocycles. The van der Waals surface area contributed by atoms with Crippen LogP contribution < -0.4 is 10.6 Å². The van der Waals surface area contributed by atoms with Gasteiger partial charge in [-0.05, 0) is 43.9 Å². The van der Waals surface area contributed by atoms with Gasteiger partial charge in [0.05, 0.1) is 16.7 Å². The Kier molecular flexibility index (Phi) is 5.37. The monoisotopic (exact) mass is 345 g/mol. The van der Waals surface area contributed by atoms with Crippen LogP contribution in [0.15, 0.2) is 18.2 Å².